The van der Waals surface area contributed by atoms with Gasteiger partial charge < -0.3 is 10.0 Å². The lowest BCUT2D eigenvalue weighted by Crippen LogP contribution is -2.46. The van der Waals surface area contributed by atoms with E-state index in [4.69, 9.17) is 10.1 Å². The largest absolute Gasteiger partial charge is 0.478 e. The van der Waals surface area contributed by atoms with E-state index in [9.17, 15) is 4.79 Å². The van der Waals surface area contributed by atoms with Crippen molar-refractivity contribution in [3.8, 4) is 0 Å². The van der Waals surface area contributed by atoms with Gasteiger partial charge >= 0.3 is 5.97 Å². The number of aromatic nitrogens is 2. The number of benzene rings is 2. The second-order valence-corrected chi connectivity index (χ2v) is 8.98. The standard InChI is InChI=1S/C26H28N4O2S/c1-20-18-24(28-26(27-20)33-19-22-9-11-23(12-10-22)25(31)32)30-16-14-29(15-17-30)13-5-8-21-6-3-2-4-7-21/h2-12,18H,13-17,19H2,1H3,(H,31,32)/b8-5+. The Labute approximate surface area is 199 Å². The molecule has 0 atom stereocenters. The summed E-state index contributed by atoms with van der Waals surface area (Å²) < 4.78 is 0. The Morgan fingerprint density at radius 1 is 1.03 bits per heavy atom. The third-order valence-electron chi connectivity index (χ3n) is 5.56. The molecule has 0 radical (unpaired) electrons. The van der Waals surface area contributed by atoms with E-state index >= 15 is 0 Å². The van der Waals surface area contributed by atoms with Crippen LogP contribution in [0, 0.1) is 6.92 Å². The molecule has 2 heterocycles. The number of hydrogen-bond acceptors (Lipinski definition) is 6. The zero-order chi connectivity index (χ0) is 23.0. The van der Waals surface area contributed by atoms with Crippen LogP contribution in [0.1, 0.15) is 27.2 Å². The van der Waals surface area contributed by atoms with Crippen molar-refractivity contribution in [2.75, 3.05) is 37.6 Å². The Hall–Kier alpha value is -3.16. The van der Waals surface area contributed by atoms with Crippen LogP contribution in [0.3, 0.4) is 0 Å². The van der Waals surface area contributed by atoms with E-state index in [1.807, 2.05) is 25.1 Å². The van der Waals surface area contributed by atoms with Gasteiger partial charge in [0, 0.05) is 50.2 Å². The lowest BCUT2D eigenvalue weighted by Gasteiger charge is -2.35. The Bertz CT molecular complexity index is 1100. The fourth-order valence-corrected chi connectivity index (χ4v) is 4.56. The van der Waals surface area contributed by atoms with Crippen LogP contribution in [0.5, 0.6) is 0 Å². The van der Waals surface area contributed by atoms with Crippen molar-refractivity contribution in [3.05, 3.63) is 89.1 Å². The van der Waals surface area contributed by atoms with Gasteiger partial charge in [-0.05, 0) is 30.2 Å². The topological polar surface area (TPSA) is 69.6 Å². The highest BCUT2D eigenvalue weighted by Gasteiger charge is 2.18. The van der Waals surface area contributed by atoms with Crippen LogP contribution in [0.25, 0.3) is 6.08 Å². The van der Waals surface area contributed by atoms with E-state index in [1.54, 1.807) is 23.9 Å². The van der Waals surface area contributed by atoms with E-state index in [2.05, 4.69) is 57.3 Å². The summed E-state index contributed by atoms with van der Waals surface area (Å²) in [5.41, 5.74) is 3.54. The van der Waals surface area contributed by atoms with Gasteiger partial charge in [0.2, 0.25) is 0 Å². The van der Waals surface area contributed by atoms with Crippen LogP contribution in [0.2, 0.25) is 0 Å². The zero-order valence-electron chi connectivity index (χ0n) is 18.7. The Morgan fingerprint density at radius 2 is 1.76 bits per heavy atom. The molecule has 0 bridgehead atoms. The first-order valence-electron chi connectivity index (χ1n) is 11.1. The SMILES string of the molecule is Cc1cc(N2CCN(C/C=C/c3ccccc3)CC2)nc(SCc2ccc(C(=O)O)cc2)n1. The molecule has 33 heavy (non-hydrogen) atoms. The molecule has 1 aliphatic heterocycles. The highest BCUT2D eigenvalue weighted by atomic mass is 32.2. The van der Waals surface area contributed by atoms with Gasteiger partial charge in [-0.1, -0.05) is 66.4 Å². The molecule has 0 saturated carbocycles. The fraction of sp³-hybridized carbons (Fsp3) is 0.269. The number of rotatable bonds is 8. The summed E-state index contributed by atoms with van der Waals surface area (Å²) in [4.78, 5) is 25.2. The summed E-state index contributed by atoms with van der Waals surface area (Å²) in [6.45, 7) is 6.84. The quantitative estimate of drug-likeness (QED) is 0.389. The van der Waals surface area contributed by atoms with Crippen LogP contribution in [-0.4, -0.2) is 58.7 Å². The molecule has 6 nitrogen and oxygen atoms in total. The minimum atomic E-state index is -0.909. The summed E-state index contributed by atoms with van der Waals surface area (Å²) in [5, 5.41) is 9.79. The van der Waals surface area contributed by atoms with Gasteiger partial charge in [0.1, 0.15) is 5.82 Å². The molecule has 7 heteroatoms. The molecule has 1 N–H and O–H groups in total. The first-order chi connectivity index (χ1) is 16.1. The molecule has 0 unspecified atom stereocenters. The van der Waals surface area contributed by atoms with Gasteiger partial charge in [0.05, 0.1) is 5.56 Å². The molecular formula is C26H28N4O2S. The van der Waals surface area contributed by atoms with E-state index < -0.39 is 5.97 Å². The van der Waals surface area contributed by atoms with Crippen LogP contribution in [0.4, 0.5) is 5.82 Å². The molecule has 1 aromatic heterocycles. The number of piperazine rings is 1. The summed E-state index contributed by atoms with van der Waals surface area (Å²) in [6.07, 6.45) is 4.41. The Morgan fingerprint density at radius 3 is 2.45 bits per heavy atom. The van der Waals surface area contributed by atoms with Crippen molar-refractivity contribution in [1.29, 1.82) is 0 Å². The molecule has 0 spiro atoms. The van der Waals surface area contributed by atoms with E-state index in [-0.39, 0.29) is 0 Å². The predicted octanol–water partition coefficient (Wildman–Crippen LogP) is 4.61. The van der Waals surface area contributed by atoms with Gasteiger partial charge in [0.25, 0.3) is 0 Å². The lowest BCUT2D eigenvalue weighted by molar-refractivity contribution is 0.0697. The van der Waals surface area contributed by atoms with Crippen molar-refractivity contribution in [3.63, 3.8) is 0 Å². The number of carboxylic acid groups (broad SMARTS) is 1. The summed E-state index contributed by atoms with van der Waals surface area (Å²) >= 11 is 1.57. The summed E-state index contributed by atoms with van der Waals surface area (Å²) in [7, 11) is 0. The van der Waals surface area contributed by atoms with Gasteiger partial charge in [-0.3, -0.25) is 4.90 Å². The number of carbonyl (C=O) groups is 1. The maximum atomic E-state index is 11.0. The van der Waals surface area contributed by atoms with E-state index in [0.717, 1.165) is 55.0 Å². The smallest absolute Gasteiger partial charge is 0.335 e. The number of thioether (sulfide) groups is 1. The number of aryl methyl sites for hydroxylation is 1. The maximum Gasteiger partial charge on any atom is 0.335 e. The molecule has 2 aromatic carbocycles. The van der Waals surface area contributed by atoms with E-state index in [1.165, 1.54) is 5.56 Å². The zero-order valence-corrected chi connectivity index (χ0v) is 19.5. The van der Waals surface area contributed by atoms with Crippen molar-refractivity contribution in [1.82, 2.24) is 14.9 Å². The monoisotopic (exact) mass is 460 g/mol. The summed E-state index contributed by atoms with van der Waals surface area (Å²) in [6, 6.07) is 19.4. The fourth-order valence-electron chi connectivity index (χ4n) is 3.70. The Kier molecular flexibility index (Phi) is 7.75. The molecule has 4 rings (SSSR count). The number of hydrogen-bond donors (Lipinski definition) is 1. The predicted molar refractivity (Wildman–Crippen MR) is 134 cm³/mol. The third kappa shape index (κ3) is 6.66. The van der Waals surface area contributed by atoms with Crippen molar-refractivity contribution in [2.24, 2.45) is 0 Å². The minimum absolute atomic E-state index is 0.299. The Balaban J connectivity index is 1.30. The van der Waals surface area contributed by atoms with Crippen LogP contribution >= 0.6 is 11.8 Å². The highest BCUT2D eigenvalue weighted by molar-refractivity contribution is 7.98. The summed E-state index contributed by atoms with van der Waals surface area (Å²) in [5.74, 6) is 0.767. The molecule has 0 amide bonds. The molecule has 3 aromatic rings. The number of anilines is 1. The third-order valence-corrected chi connectivity index (χ3v) is 6.48. The van der Waals surface area contributed by atoms with Gasteiger partial charge in [-0.2, -0.15) is 0 Å². The molecule has 1 saturated heterocycles. The van der Waals surface area contributed by atoms with E-state index in [0.29, 0.717) is 11.3 Å². The molecule has 0 aliphatic carbocycles. The number of aromatic carboxylic acids is 1. The second kappa shape index (κ2) is 11.1. The van der Waals surface area contributed by atoms with Crippen molar-refractivity contribution in [2.45, 2.75) is 17.8 Å². The van der Waals surface area contributed by atoms with Gasteiger partial charge in [-0.15, -0.1) is 0 Å². The first kappa shape index (κ1) is 23.0. The van der Waals surface area contributed by atoms with Crippen molar-refractivity contribution >= 4 is 29.6 Å². The average Bonchev–Trinajstić information content (AvgIpc) is 2.84. The van der Waals surface area contributed by atoms with Crippen molar-refractivity contribution < 1.29 is 9.90 Å². The number of carboxylic acids is 1. The lowest BCUT2D eigenvalue weighted by atomic mass is 10.1. The molecular weight excluding hydrogens is 432 g/mol. The number of nitrogens with zero attached hydrogens (tertiary/aromatic N) is 4. The molecule has 1 fully saturated rings. The first-order valence-corrected chi connectivity index (χ1v) is 12.0. The maximum absolute atomic E-state index is 11.0. The average molecular weight is 461 g/mol. The second-order valence-electron chi connectivity index (χ2n) is 8.04. The van der Waals surface area contributed by atoms with Crippen LogP contribution in [0.15, 0.2) is 71.9 Å². The minimum Gasteiger partial charge on any atom is -0.478 e. The van der Waals surface area contributed by atoms with Gasteiger partial charge in [-0.25, -0.2) is 14.8 Å². The molecule has 1 aliphatic rings. The highest BCUT2D eigenvalue weighted by Crippen LogP contribution is 2.23. The molecule has 170 valence electrons. The van der Waals surface area contributed by atoms with Gasteiger partial charge in [0.15, 0.2) is 5.16 Å². The van der Waals surface area contributed by atoms with Crippen LogP contribution < -0.4 is 4.90 Å². The normalized spacial score (nSPS) is 14.6. The van der Waals surface area contributed by atoms with Crippen LogP contribution in [-0.2, 0) is 5.75 Å².